The third-order valence-corrected chi connectivity index (χ3v) is 17.7. The minimum atomic E-state index is -3.98. The Balaban J connectivity index is 1.24. The fraction of sp³-hybridized carbons (Fsp3) is 0.725. The Labute approximate surface area is 338 Å². The van der Waals surface area contributed by atoms with Gasteiger partial charge < -0.3 is 20.9 Å². The predicted octanol–water partition coefficient (Wildman–Crippen LogP) is 3.30. The van der Waals surface area contributed by atoms with Crippen LogP contribution < -0.4 is 20.7 Å². The van der Waals surface area contributed by atoms with Gasteiger partial charge in [-0.05, 0) is 72.3 Å². The number of nitrogens with zero attached hydrogens (tertiary/aromatic N) is 3. The lowest BCUT2D eigenvalue weighted by atomic mass is 9.73. The smallest absolute Gasteiger partial charge is 0.315 e. The maximum Gasteiger partial charge on any atom is 0.315 e. The number of carbonyl (C=O) groups excluding carboxylic acids is 4. The zero-order valence-electron chi connectivity index (χ0n) is 34.8. The number of hydrogen-bond acceptors (Lipinski definition) is 9. The molecule has 1 aromatic heterocycles. The molecular formula is C40H61N7O8S2. The van der Waals surface area contributed by atoms with Crippen LogP contribution in [0.15, 0.2) is 42.1 Å². The molecule has 15 nitrogen and oxygen atoms in total. The number of likely N-dealkylation sites (N-methyl/N-ethyl adjacent to an activating group) is 1. The summed E-state index contributed by atoms with van der Waals surface area (Å²) in [5.41, 5.74) is -3.55. The molecule has 1 aromatic rings. The molecule has 1 aliphatic heterocycles. The summed E-state index contributed by atoms with van der Waals surface area (Å²) in [6.07, 6.45) is 7.40. The molecule has 0 aromatic carbocycles. The van der Waals surface area contributed by atoms with E-state index in [1.807, 2.05) is 41.5 Å². The van der Waals surface area contributed by atoms with E-state index in [2.05, 4.69) is 46.1 Å². The Morgan fingerprint density at radius 3 is 2.11 bits per heavy atom. The molecule has 5 fully saturated rings. The second kappa shape index (κ2) is 14.0. The van der Waals surface area contributed by atoms with Gasteiger partial charge in [-0.25, -0.2) is 26.6 Å². The first-order valence-corrected chi connectivity index (χ1v) is 22.9. The van der Waals surface area contributed by atoms with Crippen molar-refractivity contribution in [1.82, 2.24) is 34.9 Å². The highest BCUT2D eigenvalue weighted by molar-refractivity contribution is 7.91. The van der Waals surface area contributed by atoms with E-state index in [9.17, 15) is 36.0 Å². The summed E-state index contributed by atoms with van der Waals surface area (Å²) in [5, 5.41) is 7.97. The molecule has 0 unspecified atom stereocenters. The molecule has 2 spiro atoms. The first-order valence-electron chi connectivity index (χ1n) is 20.0. The zero-order valence-corrected chi connectivity index (χ0v) is 36.4. The number of nitrogens with one attached hydrogen (secondary N) is 4. The monoisotopic (exact) mass is 831 g/mol. The van der Waals surface area contributed by atoms with Gasteiger partial charge in [0.2, 0.25) is 21.8 Å². The molecule has 2 heterocycles. The minimum absolute atomic E-state index is 0.0478. The highest BCUT2D eigenvalue weighted by atomic mass is 32.2. The van der Waals surface area contributed by atoms with Crippen molar-refractivity contribution in [2.75, 3.05) is 20.1 Å². The molecule has 316 valence electrons. The second-order valence-electron chi connectivity index (χ2n) is 19.8. The van der Waals surface area contributed by atoms with Crippen LogP contribution >= 0.6 is 0 Å². The number of aromatic nitrogens is 1. The van der Waals surface area contributed by atoms with Crippen molar-refractivity contribution in [3.63, 3.8) is 0 Å². The van der Waals surface area contributed by atoms with Crippen molar-refractivity contribution < 1.29 is 36.0 Å². The van der Waals surface area contributed by atoms with Gasteiger partial charge in [-0.2, -0.15) is 4.31 Å². The predicted molar refractivity (Wildman–Crippen MR) is 214 cm³/mol. The molecule has 0 bridgehead atoms. The maximum atomic E-state index is 15.0. The lowest BCUT2D eigenvalue weighted by Gasteiger charge is -2.38. The summed E-state index contributed by atoms with van der Waals surface area (Å²) in [6.45, 7) is 19.5. The lowest BCUT2D eigenvalue weighted by Crippen LogP contribution is -2.62. The highest BCUT2D eigenvalue weighted by Gasteiger charge is 2.85. The second-order valence-corrected chi connectivity index (χ2v) is 23.8. The van der Waals surface area contributed by atoms with Gasteiger partial charge in [-0.1, -0.05) is 74.0 Å². The summed E-state index contributed by atoms with van der Waals surface area (Å²) in [4.78, 5) is 62.6. The summed E-state index contributed by atoms with van der Waals surface area (Å²) < 4.78 is 55.6. The van der Waals surface area contributed by atoms with E-state index in [1.165, 1.54) is 25.4 Å². The summed E-state index contributed by atoms with van der Waals surface area (Å²) in [5.74, 6) is -2.31. The van der Waals surface area contributed by atoms with Crippen LogP contribution in [0, 0.1) is 33.0 Å². The van der Waals surface area contributed by atoms with Gasteiger partial charge in [0.1, 0.15) is 17.6 Å². The van der Waals surface area contributed by atoms with Gasteiger partial charge in [0, 0.05) is 43.7 Å². The third kappa shape index (κ3) is 7.27. The molecule has 6 atom stereocenters. The van der Waals surface area contributed by atoms with Gasteiger partial charge in [-0.15, -0.1) is 6.58 Å². The number of pyridine rings is 1. The molecule has 5 amide bonds. The van der Waals surface area contributed by atoms with Gasteiger partial charge in [0.25, 0.3) is 15.9 Å². The van der Waals surface area contributed by atoms with Gasteiger partial charge in [0.15, 0.2) is 5.03 Å². The Hall–Kier alpha value is -3.57. The number of rotatable bonds is 13. The Bertz CT molecular complexity index is 2040. The van der Waals surface area contributed by atoms with Gasteiger partial charge in [-0.3, -0.25) is 19.1 Å². The summed E-state index contributed by atoms with van der Waals surface area (Å²) in [7, 11) is -6.44. The number of fused-ring (bicyclic) bond motifs is 1. The normalized spacial score (nSPS) is 28.6. The molecule has 0 radical (unpaired) electrons. The molecule has 4 saturated carbocycles. The fourth-order valence-electron chi connectivity index (χ4n) is 9.78. The van der Waals surface area contributed by atoms with Crippen LogP contribution in [0.3, 0.4) is 0 Å². The average Bonchev–Trinajstić information content (AvgIpc) is 4.03. The molecule has 4 N–H and O–H groups in total. The molecule has 1 saturated heterocycles. The number of hydrogen-bond donors (Lipinski definition) is 4. The van der Waals surface area contributed by atoms with Crippen LogP contribution in [0.2, 0.25) is 0 Å². The SMILES string of the molecule is C=C[C@@H]1C[C@]1(NC(=O)[C@@H]1C[C@@]2(CN1C(=O)[C@@H](NC(=O)N[C@H](CN(C)S(=O)(=O)c1ccccn1)C(C)(C)C)C(C)(C)C)C(C)(C)C21CCC1)C(=O)NS(=O)(=O)C1CC1. The first kappa shape index (κ1) is 43.0. The van der Waals surface area contributed by atoms with Crippen molar-refractivity contribution in [3.05, 3.63) is 37.1 Å². The third-order valence-electron chi connectivity index (χ3n) is 14.1. The number of carbonyl (C=O) groups is 4. The van der Waals surface area contributed by atoms with Crippen molar-refractivity contribution >= 4 is 43.8 Å². The van der Waals surface area contributed by atoms with Crippen molar-refractivity contribution in [2.45, 2.75) is 134 Å². The Kier molecular flexibility index (Phi) is 10.6. The van der Waals surface area contributed by atoms with Crippen molar-refractivity contribution in [2.24, 2.45) is 33.0 Å². The largest absolute Gasteiger partial charge is 0.339 e. The average molecular weight is 832 g/mol. The van der Waals surface area contributed by atoms with Gasteiger partial charge >= 0.3 is 6.03 Å². The van der Waals surface area contributed by atoms with Crippen LogP contribution in [0.4, 0.5) is 4.79 Å². The highest BCUT2D eigenvalue weighted by Crippen LogP contribution is 2.88. The molecule has 6 rings (SSSR count). The maximum absolute atomic E-state index is 15.0. The van der Waals surface area contributed by atoms with Crippen molar-refractivity contribution in [3.8, 4) is 0 Å². The molecule has 4 aliphatic carbocycles. The van der Waals surface area contributed by atoms with E-state index in [1.54, 1.807) is 17.0 Å². The number of amides is 5. The Morgan fingerprint density at radius 1 is 0.982 bits per heavy atom. The van der Waals surface area contributed by atoms with E-state index in [0.717, 1.165) is 23.6 Å². The lowest BCUT2D eigenvalue weighted by molar-refractivity contribution is -0.142. The molecule has 17 heteroatoms. The Morgan fingerprint density at radius 2 is 1.63 bits per heavy atom. The van der Waals surface area contributed by atoms with E-state index < -0.39 is 89.5 Å². The standard InChI is InChI=1S/C40H61N7O8S2/c1-11-25-21-40(25,33(50)45-56(52,53)26-16-17-26)44-31(48)27-22-39(37(8,9)38(39)18-14-19-38)24-47(27)32(49)30(36(5,6)7)43-34(51)42-28(35(2,3)4)23-46(10)57(54,55)29-15-12-13-20-41-29/h11-13,15,20,25-28,30H,1,14,16-19,21-24H2,2-10H3,(H,44,48)(H,45,50)(H2,42,43,51)/t25-,27+,28-,30-,39-,40-/m1/s1. The quantitative estimate of drug-likeness (QED) is 0.215. The molecular weight excluding hydrogens is 771 g/mol. The minimum Gasteiger partial charge on any atom is -0.339 e. The summed E-state index contributed by atoms with van der Waals surface area (Å²) in [6, 6.07) is 1.13. The first-order chi connectivity index (χ1) is 26.2. The van der Waals surface area contributed by atoms with Crippen molar-refractivity contribution in [1.29, 1.82) is 0 Å². The number of likely N-dealkylation sites (tertiary alicyclic amines) is 1. The van der Waals surface area contributed by atoms with Crippen LogP contribution in [-0.2, 0) is 34.4 Å². The van der Waals surface area contributed by atoms with Crippen LogP contribution in [0.25, 0.3) is 0 Å². The van der Waals surface area contributed by atoms with E-state index >= 15 is 0 Å². The number of urea groups is 1. The molecule has 57 heavy (non-hydrogen) atoms. The van der Waals surface area contributed by atoms with E-state index in [4.69, 9.17) is 0 Å². The van der Waals surface area contributed by atoms with Gasteiger partial charge in [0.05, 0.1) is 5.25 Å². The molecule has 5 aliphatic rings. The number of sulfonamides is 2. The topological polar surface area (TPSA) is 204 Å². The van der Waals surface area contributed by atoms with Crippen LogP contribution in [0.5, 0.6) is 0 Å². The van der Waals surface area contributed by atoms with E-state index in [0.29, 0.717) is 19.3 Å². The zero-order chi connectivity index (χ0) is 42.4. The van der Waals surface area contributed by atoms with E-state index in [-0.39, 0.29) is 40.8 Å². The van der Waals surface area contributed by atoms with Crippen LogP contribution in [-0.4, -0.2) is 104 Å². The summed E-state index contributed by atoms with van der Waals surface area (Å²) >= 11 is 0. The van der Waals surface area contributed by atoms with Crippen LogP contribution in [0.1, 0.15) is 100 Å². The fourth-order valence-corrected chi connectivity index (χ4v) is 12.3.